The Kier molecular flexibility index (Phi) is 4.13. The van der Waals surface area contributed by atoms with E-state index in [0.29, 0.717) is 24.2 Å². The van der Waals surface area contributed by atoms with Crippen LogP contribution in [-0.4, -0.2) is 29.1 Å². The van der Waals surface area contributed by atoms with Gasteiger partial charge >= 0.3 is 5.97 Å². The van der Waals surface area contributed by atoms with Crippen LogP contribution >= 0.6 is 0 Å². The first kappa shape index (κ1) is 13.5. The maximum absolute atomic E-state index is 13.6. The number of likely N-dealkylation sites (tertiary alicyclic amines) is 1. The summed E-state index contributed by atoms with van der Waals surface area (Å²) in [5.41, 5.74) is 0.938. The molecule has 4 nitrogen and oxygen atoms in total. The Morgan fingerprint density at radius 2 is 2.37 bits per heavy atom. The molecule has 1 unspecified atom stereocenters. The third-order valence-electron chi connectivity index (χ3n) is 3.40. The molecule has 2 rings (SSSR count). The number of carbonyl (C=O) groups is 1. The molecular weight excluding hydrogens is 247 g/mol. The van der Waals surface area contributed by atoms with Gasteiger partial charge in [-0.25, -0.2) is 4.39 Å². The van der Waals surface area contributed by atoms with Crippen molar-refractivity contribution in [2.24, 2.45) is 5.92 Å². The lowest BCUT2D eigenvalue weighted by molar-refractivity contribution is -0.138. The predicted octanol–water partition coefficient (Wildman–Crippen LogP) is 1.99. The summed E-state index contributed by atoms with van der Waals surface area (Å²) in [6.07, 6.45) is 0.989. The van der Waals surface area contributed by atoms with Crippen LogP contribution in [0.4, 0.5) is 4.39 Å². The van der Waals surface area contributed by atoms with E-state index in [4.69, 9.17) is 10.4 Å². The quantitative estimate of drug-likeness (QED) is 0.901. The summed E-state index contributed by atoms with van der Waals surface area (Å²) in [5.74, 6) is -0.968. The molecule has 0 aromatic heterocycles. The minimum atomic E-state index is -0.787. The standard InChI is InChI=1S/C14H15FN2O2/c15-13-2-1-10(7-16)5-12(13)9-17-4-3-11(8-17)6-14(18)19/h1-2,5,11H,3-4,6,8-9H2,(H,18,19). The molecule has 0 aliphatic carbocycles. The summed E-state index contributed by atoms with van der Waals surface area (Å²) >= 11 is 0. The fourth-order valence-electron chi connectivity index (χ4n) is 2.48. The Labute approximate surface area is 111 Å². The third kappa shape index (κ3) is 3.52. The summed E-state index contributed by atoms with van der Waals surface area (Å²) in [7, 11) is 0. The van der Waals surface area contributed by atoms with Gasteiger partial charge in [0.1, 0.15) is 5.82 Å². The zero-order chi connectivity index (χ0) is 13.8. The number of hydrogen-bond donors (Lipinski definition) is 1. The van der Waals surface area contributed by atoms with Crippen LogP contribution in [-0.2, 0) is 11.3 Å². The maximum Gasteiger partial charge on any atom is 0.303 e. The monoisotopic (exact) mass is 262 g/mol. The molecule has 0 bridgehead atoms. The van der Waals surface area contributed by atoms with Crippen LogP contribution in [0.3, 0.4) is 0 Å². The van der Waals surface area contributed by atoms with Gasteiger partial charge in [0.15, 0.2) is 0 Å². The molecular formula is C14H15FN2O2. The summed E-state index contributed by atoms with van der Waals surface area (Å²) in [4.78, 5) is 12.7. The smallest absolute Gasteiger partial charge is 0.303 e. The van der Waals surface area contributed by atoms with Crippen molar-refractivity contribution in [3.63, 3.8) is 0 Å². The van der Waals surface area contributed by atoms with E-state index in [1.54, 1.807) is 6.07 Å². The fourth-order valence-corrected chi connectivity index (χ4v) is 2.48. The second-order valence-corrected chi connectivity index (χ2v) is 4.91. The number of hydrogen-bond acceptors (Lipinski definition) is 3. The molecule has 5 heteroatoms. The van der Waals surface area contributed by atoms with Gasteiger partial charge in [0.25, 0.3) is 0 Å². The summed E-state index contributed by atoms with van der Waals surface area (Å²) in [5, 5.41) is 17.6. The largest absolute Gasteiger partial charge is 0.481 e. The number of aliphatic carboxylic acids is 1. The molecule has 0 saturated carbocycles. The van der Waals surface area contributed by atoms with E-state index in [-0.39, 0.29) is 18.2 Å². The molecule has 0 amide bonds. The fraction of sp³-hybridized carbons (Fsp3) is 0.429. The molecule has 1 N–H and O–H groups in total. The third-order valence-corrected chi connectivity index (χ3v) is 3.40. The van der Waals surface area contributed by atoms with Gasteiger partial charge in [-0.3, -0.25) is 9.69 Å². The Morgan fingerprint density at radius 3 is 3.05 bits per heavy atom. The number of halogens is 1. The number of carboxylic acid groups (broad SMARTS) is 1. The van der Waals surface area contributed by atoms with Crippen LogP contribution < -0.4 is 0 Å². The molecule has 0 radical (unpaired) electrons. The van der Waals surface area contributed by atoms with Crippen molar-refractivity contribution in [3.05, 3.63) is 35.1 Å². The van der Waals surface area contributed by atoms with Gasteiger partial charge in [-0.1, -0.05) is 0 Å². The molecule has 1 atom stereocenters. The topological polar surface area (TPSA) is 64.3 Å². The van der Waals surface area contributed by atoms with Crippen LogP contribution in [0.25, 0.3) is 0 Å². The molecule has 100 valence electrons. The van der Waals surface area contributed by atoms with Gasteiger partial charge in [0.2, 0.25) is 0 Å². The minimum absolute atomic E-state index is 0.139. The van der Waals surface area contributed by atoms with Gasteiger partial charge in [-0.2, -0.15) is 5.26 Å². The van der Waals surface area contributed by atoms with Crippen LogP contribution in [0.5, 0.6) is 0 Å². The number of benzene rings is 1. The molecule has 1 aliphatic heterocycles. The van der Waals surface area contributed by atoms with Gasteiger partial charge in [0, 0.05) is 25.1 Å². The highest BCUT2D eigenvalue weighted by atomic mass is 19.1. The first-order valence-corrected chi connectivity index (χ1v) is 6.21. The Hall–Kier alpha value is -1.93. The lowest BCUT2D eigenvalue weighted by atomic mass is 10.1. The van der Waals surface area contributed by atoms with Crippen molar-refractivity contribution in [2.45, 2.75) is 19.4 Å². The summed E-state index contributed by atoms with van der Waals surface area (Å²) in [6, 6.07) is 6.31. The number of nitriles is 1. The van der Waals surface area contributed by atoms with Crippen molar-refractivity contribution < 1.29 is 14.3 Å². The zero-order valence-corrected chi connectivity index (χ0v) is 10.5. The SMILES string of the molecule is N#Cc1ccc(F)c(CN2CCC(CC(=O)O)C2)c1. The van der Waals surface area contributed by atoms with Crippen LogP contribution in [0.1, 0.15) is 24.0 Å². The van der Waals surface area contributed by atoms with Crippen molar-refractivity contribution in [2.75, 3.05) is 13.1 Å². The van der Waals surface area contributed by atoms with Gasteiger partial charge in [-0.15, -0.1) is 0 Å². The predicted molar refractivity (Wildman–Crippen MR) is 66.8 cm³/mol. The van der Waals surface area contributed by atoms with E-state index in [0.717, 1.165) is 13.0 Å². The molecule has 1 fully saturated rings. The maximum atomic E-state index is 13.6. The highest BCUT2D eigenvalue weighted by Crippen LogP contribution is 2.22. The summed E-state index contributed by atoms with van der Waals surface area (Å²) in [6.45, 7) is 1.87. The highest BCUT2D eigenvalue weighted by Gasteiger charge is 2.25. The van der Waals surface area contributed by atoms with Crippen LogP contribution in [0, 0.1) is 23.1 Å². The first-order chi connectivity index (χ1) is 9.08. The van der Waals surface area contributed by atoms with E-state index in [9.17, 15) is 9.18 Å². The second kappa shape index (κ2) is 5.81. The molecule has 1 aromatic rings. The lowest BCUT2D eigenvalue weighted by Gasteiger charge is -2.16. The summed E-state index contributed by atoms with van der Waals surface area (Å²) < 4.78 is 13.6. The minimum Gasteiger partial charge on any atom is -0.481 e. The molecule has 0 spiro atoms. The van der Waals surface area contributed by atoms with E-state index in [2.05, 4.69) is 0 Å². The number of rotatable bonds is 4. The van der Waals surface area contributed by atoms with E-state index in [1.807, 2.05) is 11.0 Å². The Morgan fingerprint density at radius 1 is 1.58 bits per heavy atom. The number of carboxylic acids is 1. The average molecular weight is 262 g/mol. The molecule has 1 aromatic carbocycles. The van der Waals surface area contributed by atoms with Crippen LogP contribution in [0.2, 0.25) is 0 Å². The normalized spacial score (nSPS) is 19.3. The van der Waals surface area contributed by atoms with Crippen molar-refractivity contribution in [1.82, 2.24) is 4.90 Å². The zero-order valence-electron chi connectivity index (χ0n) is 10.5. The van der Waals surface area contributed by atoms with E-state index in [1.165, 1.54) is 12.1 Å². The Balaban J connectivity index is 1.99. The first-order valence-electron chi connectivity index (χ1n) is 6.21. The van der Waals surface area contributed by atoms with E-state index >= 15 is 0 Å². The molecule has 1 heterocycles. The highest BCUT2D eigenvalue weighted by molar-refractivity contribution is 5.67. The average Bonchev–Trinajstić information content (AvgIpc) is 2.78. The second-order valence-electron chi connectivity index (χ2n) is 4.91. The van der Waals surface area contributed by atoms with Crippen LogP contribution in [0.15, 0.2) is 18.2 Å². The van der Waals surface area contributed by atoms with Gasteiger partial charge in [-0.05, 0) is 37.1 Å². The Bertz CT molecular complexity index is 525. The van der Waals surface area contributed by atoms with Crippen molar-refractivity contribution >= 4 is 5.97 Å². The van der Waals surface area contributed by atoms with Crippen molar-refractivity contribution in [1.29, 1.82) is 5.26 Å². The molecule has 1 saturated heterocycles. The molecule has 19 heavy (non-hydrogen) atoms. The van der Waals surface area contributed by atoms with Crippen molar-refractivity contribution in [3.8, 4) is 6.07 Å². The van der Waals surface area contributed by atoms with Gasteiger partial charge in [0.05, 0.1) is 11.6 Å². The van der Waals surface area contributed by atoms with E-state index < -0.39 is 5.97 Å². The lowest BCUT2D eigenvalue weighted by Crippen LogP contribution is -2.21. The molecule has 1 aliphatic rings. The van der Waals surface area contributed by atoms with Gasteiger partial charge < -0.3 is 5.11 Å². The number of nitrogens with zero attached hydrogens (tertiary/aromatic N) is 2.